The van der Waals surface area contributed by atoms with E-state index in [1.54, 1.807) is 18.2 Å². The number of halogens is 1. The van der Waals surface area contributed by atoms with E-state index in [-0.39, 0.29) is 22.7 Å². The van der Waals surface area contributed by atoms with E-state index < -0.39 is 11.7 Å². The molecular formula is C13H11FN2O2. The van der Waals surface area contributed by atoms with Crippen molar-refractivity contribution in [2.75, 3.05) is 5.73 Å². The van der Waals surface area contributed by atoms with Crippen LogP contribution >= 0.6 is 0 Å². The number of ether oxygens (including phenoxy) is 1. The van der Waals surface area contributed by atoms with Gasteiger partial charge < -0.3 is 16.2 Å². The highest BCUT2D eigenvalue weighted by molar-refractivity contribution is 5.97. The fourth-order valence-electron chi connectivity index (χ4n) is 1.51. The summed E-state index contributed by atoms with van der Waals surface area (Å²) >= 11 is 0. The molecule has 0 atom stereocenters. The number of carbonyl (C=O) groups excluding carboxylic acids is 1. The molecule has 4 N–H and O–H groups in total. The van der Waals surface area contributed by atoms with Crippen LogP contribution in [-0.2, 0) is 0 Å². The van der Waals surface area contributed by atoms with Gasteiger partial charge in [-0.15, -0.1) is 0 Å². The summed E-state index contributed by atoms with van der Waals surface area (Å²) in [6.07, 6.45) is 0. The first-order chi connectivity index (χ1) is 8.58. The highest BCUT2D eigenvalue weighted by Gasteiger charge is 2.13. The fraction of sp³-hybridized carbons (Fsp3) is 0. The molecule has 0 saturated heterocycles. The minimum absolute atomic E-state index is 0.135. The molecule has 1 amide bonds. The van der Waals surface area contributed by atoms with Crippen LogP contribution in [0.2, 0.25) is 0 Å². The summed E-state index contributed by atoms with van der Waals surface area (Å²) in [4.78, 5) is 11.2. The molecular weight excluding hydrogens is 235 g/mol. The first kappa shape index (κ1) is 11.9. The monoisotopic (exact) mass is 246 g/mol. The third kappa shape index (κ3) is 2.40. The van der Waals surface area contributed by atoms with Gasteiger partial charge in [-0.1, -0.05) is 12.1 Å². The first-order valence-corrected chi connectivity index (χ1v) is 5.19. The molecule has 2 rings (SSSR count). The SMILES string of the molecule is NC(=O)c1cccc(N)c1Oc1cccc(F)c1. The number of carbonyl (C=O) groups is 1. The van der Waals surface area contributed by atoms with E-state index in [9.17, 15) is 9.18 Å². The zero-order valence-electron chi connectivity index (χ0n) is 9.39. The number of amides is 1. The van der Waals surface area contributed by atoms with Crippen molar-refractivity contribution in [3.63, 3.8) is 0 Å². The molecule has 4 nitrogen and oxygen atoms in total. The predicted octanol–water partition coefficient (Wildman–Crippen LogP) is 2.30. The van der Waals surface area contributed by atoms with Crippen LogP contribution in [0.5, 0.6) is 11.5 Å². The molecule has 92 valence electrons. The highest BCUT2D eigenvalue weighted by atomic mass is 19.1. The zero-order valence-corrected chi connectivity index (χ0v) is 9.39. The number of primary amides is 1. The Morgan fingerprint density at radius 2 is 1.89 bits per heavy atom. The molecule has 0 spiro atoms. The Labute approximate surface area is 103 Å². The van der Waals surface area contributed by atoms with Crippen LogP contribution in [0.25, 0.3) is 0 Å². The Hall–Kier alpha value is -2.56. The summed E-state index contributed by atoms with van der Waals surface area (Å²) in [7, 11) is 0. The maximum Gasteiger partial charge on any atom is 0.252 e. The quantitative estimate of drug-likeness (QED) is 0.815. The Bertz CT molecular complexity index is 599. The van der Waals surface area contributed by atoms with E-state index in [4.69, 9.17) is 16.2 Å². The van der Waals surface area contributed by atoms with Crippen molar-refractivity contribution in [2.24, 2.45) is 5.73 Å². The molecule has 0 aliphatic rings. The van der Waals surface area contributed by atoms with Crippen molar-refractivity contribution in [3.05, 3.63) is 53.8 Å². The fourth-order valence-corrected chi connectivity index (χ4v) is 1.51. The molecule has 0 aliphatic heterocycles. The summed E-state index contributed by atoms with van der Waals surface area (Å²) in [5.41, 5.74) is 11.3. The molecule has 0 heterocycles. The summed E-state index contributed by atoms with van der Waals surface area (Å²) < 4.78 is 18.4. The Kier molecular flexibility index (Phi) is 3.14. The van der Waals surface area contributed by atoms with Gasteiger partial charge in [0.25, 0.3) is 5.91 Å². The van der Waals surface area contributed by atoms with Crippen molar-refractivity contribution in [1.82, 2.24) is 0 Å². The lowest BCUT2D eigenvalue weighted by Crippen LogP contribution is -2.13. The number of benzene rings is 2. The normalized spacial score (nSPS) is 10.1. The third-order valence-corrected chi connectivity index (χ3v) is 2.33. The Balaban J connectivity index is 2.42. The van der Waals surface area contributed by atoms with Gasteiger partial charge in [0.1, 0.15) is 11.6 Å². The standard InChI is InChI=1S/C13H11FN2O2/c14-8-3-1-4-9(7-8)18-12-10(13(16)17)5-2-6-11(12)15/h1-7H,15H2,(H2,16,17). The molecule has 0 aromatic heterocycles. The van der Waals surface area contributed by atoms with Gasteiger partial charge >= 0.3 is 0 Å². The minimum atomic E-state index is -0.659. The second-order valence-electron chi connectivity index (χ2n) is 3.65. The molecule has 2 aromatic rings. The summed E-state index contributed by atoms with van der Waals surface area (Å²) in [6, 6.07) is 10.2. The average molecular weight is 246 g/mol. The van der Waals surface area contributed by atoms with Gasteiger partial charge in [0, 0.05) is 6.07 Å². The predicted molar refractivity (Wildman–Crippen MR) is 65.8 cm³/mol. The van der Waals surface area contributed by atoms with Crippen molar-refractivity contribution in [1.29, 1.82) is 0 Å². The van der Waals surface area contributed by atoms with Gasteiger partial charge in [-0.2, -0.15) is 0 Å². The Morgan fingerprint density at radius 3 is 2.56 bits per heavy atom. The number of hydrogen-bond donors (Lipinski definition) is 2. The Morgan fingerprint density at radius 1 is 1.17 bits per heavy atom. The largest absolute Gasteiger partial charge is 0.454 e. The summed E-state index contributed by atoms with van der Waals surface area (Å²) in [5, 5.41) is 0. The maximum absolute atomic E-state index is 13.0. The average Bonchev–Trinajstić information content (AvgIpc) is 2.31. The van der Waals surface area contributed by atoms with E-state index in [0.717, 1.165) is 0 Å². The van der Waals surface area contributed by atoms with Gasteiger partial charge in [0.05, 0.1) is 11.3 Å². The molecule has 2 aromatic carbocycles. The number of para-hydroxylation sites is 1. The number of nitrogens with two attached hydrogens (primary N) is 2. The number of anilines is 1. The summed E-state index contributed by atoms with van der Waals surface area (Å²) in [6.45, 7) is 0. The van der Waals surface area contributed by atoms with Crippen molar-refractivity contribution in [3.8, 4) is 11.5 Å². The second kappa shape index (κ2) is 4.75. The van der Waals surface area contributed by atoms with Crippen molar-refractivity contribution >= 4 is 11.6 Å². The van der Waals surface area contributed by atoms with Crippen LogP contribution < -0.4 is 16.2 Å². The van der Waals surface area contributed by atoms with Crippen LogP contribution in [0.15, 0.2) is 42.5 Å². The van der Waals surface area contributed by atoms with E-state index in [0.29, 0.717) is 0 Å². The molecule has 0 bridgehead atoms. The smallest absolute Gasteiger partial charge is 0.252 e. The van der Waals surface area contributed by atoms with Crippen LogP contribution in [-0.4, -0.2) is 5.91 Å². The van der Waals surface area contributed by atoms with E-state index in [1.165, 1.54) is 24.3 Å². The molecule has 0 fully saturated rings. The van der Waals surface area contributed by atoms with Crippen LogP contribution in [0.1, 0.15) is 10.4 Å². The third-order valence-electron chi connectivity index (χ3n) is 2.33. The lowest BCUT2D eigenvalue weighted by molar-refractivity contribution is 0.0998. The summed E-state index contributed by atoms with van der Waals surface area (Å²) in [5.74, 6) is -0.720. The molecule has 5 heteroatoms. The first-order valence-electron chi connectivity index (χ1n) is 5.19. The second-order valence-corrected chi connectivity index (χ2v) is 3.65. The lowest BCUT2D eigenvalue weighted by Gasteiger charge is -2.11. The van der Waals surface area contributed by atoms with Gasteiger partial charge in [-0.05, 0) is 24.3 Å². The van der Waals surface area contributed by atoms with Crippen LogP contribution in [0.4, 0.5) is 10.1 Å². The number of rotatable bonds is 3. The van der Waals surface area contributed by atoms with E-state index >= 15 is 0 Å². The zero-order chi connectivity index (χ0) is 13.1. The number of hydrogen-bond acceptors (Lipinski definition) is 3. The van der Waals surface area contributed by atoms with Gasteiger partial charge in [-0.3, -0.25) is 4.79 Å². The maximum atomic E-state index is 13.0. The van der Waals surface area contributed by atoms with Crippen molar-refractivity contribution < 1.29 is 13.9 Å². The molecule has 0 radical (unpaired) electrons. The molecule has 0 saturated carbocycles. The van der Waals surface area contributed by atoms with Gasteiger partial charge in [0.15, 0.2) is 5.75 Å². The van der Waals surface area contributed by atoms with E-state index in [1.807, 2.05) is 0 Å². The van der Waals surface area contributed by atoms with E-state index in [2.05, 4.69) is 0 Å². The van der Waals surface area contributed by atoms with Crippen LogP contribution in [0.3, 0.4) is 0 Å². The lowest BCUT2D eigenvalue weighted by atomic mass is 10.1. The topological polar surface area (TPSA) is 78.3 Å². The van der Waals surface area contributed by atoms with Crippen molar-refractivity contribution in [2.45, 2.75) is 0 Å². The van der Waals surface area contributed by atoms with Gasteiger partial charge in [0.2, 0.25) is 0 Å². The number of nitrogen functional groups attached to an aromatic ring is 1. The van der Waals surface area contributed by atoms with Gasteiger partial charge in [-0.25, -0.2) is 4.39 Å². The molecule has 0 aliphatic carbocycles. The minimum Gasteiger partial charge on any atom is -0.454 e. The molecule has 0 unspecified atom stereocenters. The van der Waals surface area contributed by atoms with Crippen LogP contribution in [0, 0.1) is 5.82 Å². The molecule has 18 heavy (non-hydrogen) atoms. The highest BCUT2D eigenvalue weighted by Crippen LogP contribution is 2.31.